The van der Waals surface area contributed by atoms with Gasteiger partial charge in [0.25, 0.3) is 0 Å². The topological polar surface area (TPSA) is 20.2 Å². The van der Waals surface area contributed by atoms with Crippen molar-refractivity contribution >= 4 is 11.8 Å². The summed E-state index contributed by atoms with van der Waals surface area (Å²) < 4.78 is 26.4. The van der Waals surface area contributed by atoms with Crippen LogP contribution >= 0.6 is 11.8 Å². The Kier molecular flexibility index (Phi) is 3.29. The lowest BCUT2D eigenvalue weighted by molar-refractivity contribution is 0.174. The van der Waals surface area contributed by atoms with Crippen molar-refractivity contribution in [2.24, 2.45) is 0 Å². The van der Waals surface area contributed by atoms with Crippen molar-refractivity contribution in [3.05, 3.63) is 65.2 Å². The van der Waals surface area contributed by atoms with Gasteiger partial charge in [-0.05, 0) is 35.7 Å². The molecule has 0 fully saturated rings. The second kappa shape index (κ2) is 4.94. The van der Waals surface area contributed by atoms with Gasteiger partial charge in [-0.1, -0.05) is 18.2 Å². The van der Waals surface area contributed by atoms with Crippen molar-refractivity contribution in [2.75, 3.05) is 0 Å². The highest BCUT2D eigenvalue weighted by atomic mass is 32.2. The predicted octanol–water partition coefficient (Wildman–Crippen LogP) is 3.72. The summed E-state index contributed by atoms with van der Waals surface area (Å²) in [4.78, 5) is 1.13. The van der Waals surface area contributed by atoms with Gasteiger partial charge >= 0.3 is 0 Å². The van der Waals surface area contributed by atoms with Crippen LogP contribution in [-0.2, 0) is 6.42 Å². The van der Waals surface area contributed by atoms with Gasteiger partial charge in [-0.3, -0.25) is 0 Å². The molecule has 19 heavy (non-hydrogen) atoms. The third-order valence-corrected chi connectivity index (χ3v) is 4.63. The van der Waals surface area contributed by atoms with Crippen molar-refractivity contribution in [1.82, 2.24) is 0 Å². The minimum absolute atomic E-state index is 0.0985. The normalized spacial score (nSPS) is 19.2. The van der Waals surface area contributed by atoms with Gasteiger partial charge in [-0.15, -0.1) is 11.8 Å². The molecule has 0 saturated carbocycles. The first-order chi connectivity index (χ1) is 9.13. The van der Waals surface area contributed by atoms with E-state index in [-0.39, 0.29) is 5.25 Å². The molecule has 0 amide bonds. The molecule has 0 bridgehead atoms. The summed E-state index contributed by atoms with van der Waals surface area (Å²) in [6.07, 6.45) is -0.164. The molecule has 0 spiro atoms. The highest BCUT2D eigenvalue weighted by Gasteiger charge is 2.29. The van der Waals surface area contributed by atoms with E-state index in [1.54, 1.807) is 11.8 Å². The van der Waals surface area contributed by atoms with E-state index >= 15 is 0 Å². The SMILES string of the molecule is OC(c1cc(F)cc(F)c1)C1Cc2ccccc2S1. The number of aliphatic hydroxyl groups excluding tert-OH is 1. The second-order valence-corrected chi connectivity index (χ2v) is 5.90. The lowest BCUT2D eigenvalue weighted by atomic mass is 10.0. The number of hydrogen-bond acceptors (Lipinski definition) is 2. The Bertz CT molecular complexity index is 570. The van der Waals surface area contributed by atoms with Crippen molar-refractivity contribution in [3.63, 3.8) is 0 Å². The van der Waals surface area contributed by atoms with Gasteiger partial charge in [-0.25, -0.2) is 8.78 Å². The maximum atomic E-state index is 13.2. The molecule has 2 atom stereocenters. The molecule has 3 rings (SSSR count). The fourth-order valence-electron chi connectivity index (χ4n) is 2.35. The highest BCUT2D eigenvalue weighted by Crippen LogP contribution is 2.42. The van der Waals surface area contributed by atoms with Crippen LogP contribution in [0.5, 0.6) is 0 Å². The van der Waals surface area contributed by atoms with E-state index < -0.39 is 17.7 Å². The average Bonchev–Trinajstić information content (AvgIpc) is 2.80. The van der Waals surface area contributed by atoms with E-state index in [1.807, 2.05) is 24.3 Å². The van der Waals surface area contributed by atoms with Crippen LogP contribution in [0.4, 0.5) is 8.78 Å². The molecule has 1 aliphatic rings. The molecule has 0 radical (unpaired) electrons. The Hall–Kier alpha value is -1.39. The summed E-state index contributed by atoms with van der Waals surface area (Å²) in [7, 11) is 0. The molecular weight excluding hydrogens is 266 g/mol. The Morgan fingerprint density at radius 1 is 1.11 bits per heavy atom. The van der Waals surface area contributed by atoms with Crippen LogP contribution in [0.25, 0.3) is 0 Å². The molecule has 2 aromatic carbocycles. The molecule has 2 aromatic rings. The summed E-state index contributed by atoms with van der Waals surface area (Å²) in [6.45, 7) is 0. The van der Waals surface area contributed by atoms with Gasteiger partial charge in [0.1, 0.15) is 11.6 Å². The first-order valence-electron chi connectivity index (χ1n) is 6.02. The van der Waals surface area contributed by atoms with Crippen molar-refractivity contribution in [3.8, 4) is 0 Å². The Balaban J connectivity index is 1.84. The summed E-state index contributed by atoms with van der Waals surface area (Å²) >= 11 is 1.56. The summed E-state index contributed by atoms with van der Waals surface area (Å²) in [5, 5.41) is 10.2. The largest absolute Gasteiger partial charge is 0.387 e. The maximum absolute atomic E-state index is 13.2. The maximum Gasteiger partial charge on any atom is 0.126 e. The molecule has 1 aliphatic heterocycles. The lowest BCUT2D eigenvalue weighted by Crippen LogP contribution is -2.14. The monoisotopic (exact) mass is 278 g/mol. The number of thioether (sulfide) groups is 1. The standard InChI is InChI=1S/C15H12F2OS/c16-11-5-10(6-12(17)8-11)15(18)14-7-9-3-1-2-4-13(9)19-14/h1-6,8,14-15,18H,7H2. The van der Waals surface area contributed by atoms with Gasteiger partial charge in [0.2, 0.25) is 0 Å². The first-order valence-corrected chi connectivity index (χ1v) is 6.90. The number of fused-ring (bicyclic) bond motifs is 1. The van der Waals surface area contributed by atoms with E-state index in [2.05, 4.69) is 0 Å². The van der Waals surface area contributed by atoms with E-state index in [0.717, 1.165) is 11.0 Å². The minimum Gasteiger partial charge on any atom is -0.387 e. The smallest absolute Gasteiger partial charge is 0.126 e. The van der Waals surface area contributed by atoms with Gasteiger partial charge in [0, 0.05) is 16.2 Å². The van der Waals surface area contributed by atoms with Gasteiger partial charge in [-0.2, -0.15) is 0 Å². The number of benzene rings is 2. The molecule has 1 nitrogen and oxygen atoms in total. The Morgan fingerprint density at radius 3 is 2.47 bits per heavy atom. The summed E-state index contributed by atoms with van der Waals surface area (Å²) in [5.74, 6) is -1.32. The highest BCUT2D eigenvalue weighted by molar-refractivity contribution is 8.00. The van der Waals surface area contributed by atoms with Crippen molar-refractivity contribution in [1.29, 1.82) is 0 Å². The van der Waals surface area contributed by atoms with Crippen molar-refractivity contribution in [2.45, 2.75) is 22.7 Å². The van der Waals surface area contributed by atoms with Gasteiger partial charge in [0.15, 0.2) is 0 Å². The zero-order valence-electron chi connectivity index (χ0n) is 10.0. The zero-order chi connectivity index (χ0) is 13.4. The third kappa shape index (κ3) is 2.51. The van der Waals surface area contributed by atoms with Crippen LogP contribution in [0.1, 0.15) is 17.2 Å². The average molecular weight is 278 g/mol. The van der Waals surface area contributed by atoms with Crippen LogP contribution in [0, 0.1) is 11.6 Å². The van der Waals surface area contributed by atoms with E-state index in [1.165, 1.54) is 17.7 Å². The third-order valence-electron chi connectivity index (χ3n) is 3.25. The fourth-order valence-corrected chi connectivity index (χ4v) is 3.68. The Morgan fingerprint density at radius 2 is 1.79 bits per heavy atom. The molecule has 2 unspecified atom stereocenters. The number of aliphatic hydroxyl groups is 1. The fraction of sp³-hybridized carbons (Fsp3) is 0.200. The van der Waals surface area contributed by atoms with Crippen LogP contribution in [-0.4, -0.2) is 10.4 Å². The van der Waals surface area contributed by atoms with Crippen LogP contribution < -0.4 is 0 Å². The molecule has 1 heterocycles. The number of rotatable bonds is 2. The zero-order valence-corrected chi connectivity index (χ0v) is 10.8. The lowest BCUT2D eigenvalue weighted by Gasteiger charge is -2.17. The van der Waals surface area contributed by atoms with E-state index in [4.69, 9.17) is 0 Å². The number of hydrogen-bond donors (Lipinski definition) is 1. The molecule has 0 aromatic heterocycles. The van der Waals surface area contributed by atoms with Gasteiger partial charge < -0.3 is 5.11 Å². The molecule has 98 valence electrons. The van der Waals surface area contributed by atoms with Gasteiger partial charge in [0.05, 0.1) is 6.10 Å². The second-order valence-electron chi connectivity index (χ2n) is 4.62. The van der Waals surface area contributed by atoms with Crippen molar-refractivity contribution < 1.29 is 13.9 Å². The van der Waals surface area contributed by atoms with E-state index in [9.17, 15) is 13.9 Å². The summed E-state index contributed by atoms with van der Waals surface area (Å²) in [5.41, 5.74) is 1.47. The predicted molar refractivity (Wildman–Crippen MR) is 71.1 cm³/mol. The summed E-state index contributed by atoms with van der Waals surface area (Å²) in [6, 6.07) is 11.1. The Labute approximate surface area is 114 Å². The molecule has 0 aliphatic carbocycles. The molecular formula is C15H12F2OS. The van der Waals surface area contributed by atoms with Crippen LogP contribution in [0.2, 0.25) is 0 Å². The van der Waals surface area contributed by atoms with Crippen LogP contribution in [0.3, 0.4) is 0 Å². The first kappa shape index (κ1) is 12.6. The molecule has 1 N–H and O–H groups in total. The molecule has 4 heteroatoms. The van der Waals surface area contributed by atoms with E-state index in [0.29, 0.717) is 12.0 Å². The minimum atomic E-state index is -0.873. The quantitative estimate of drug-likeness (QED) is 0.903. The number of halogens is 2. The van der Waals surface area contributed by atoms with Crippen LogP contribution in [0.15, 0.2) is 47.4 Å². The molecule has 0 saturated heterocycles.